The minimum Gasteiger partial charge on any atom is -0.395 e. The fraction of sp³-hybridized carbons (Fsp3) is 0.778. The monoisotopic (exact) mass is 159 g/mol. The molecule has 0 aromatic rings. The van der Waals surface area contributed by atoms with E-state index in [1.165, 1.54) is 5.57 Å². The van der Waals surface area contributed by atoms with Crippen molar-refractivity contribution in [1.82, 2.24) is 0 Å². The molecule has 0 radical (unpaired) electrons. The Morgan fingerprint density at radius 1 is 1.45 bits per heavy atom. The maximum absolute atomic E-state index is 8.02. The highest BCUT2D eigenvalue weighted by molar-refractivity contribution is 4.90. The molecular formula is C9H21NO. The summed E-state index contributed by atoms with van der Waals surface area (Å²) in [6.45, 7) is 11.9. The summed E-state index contributed by atoms with van der Waals surface area (Å²) < 4.78 is 0. The molecule has 0 saturated carbocycles. The minimum atomic E-state index is -0.0602. The lowest BCUT2D eigenvalue weighted by Gasteiger charge is -1.97. The summed E-state index contributed by atoms with van der Waals surface area (Å²) in [7, 11) is 0. The Labute approximate surface area is 70.1 Å². The van der Waals surface area contributed by atoms with E-state index in [0.29, 0.717) is 5.92 Å². The zero-order valence-electron chi connectivity index (χ0n) is 8.09. The number of allylic oxidation sites excluding steroid dienone is 1. The third-order valence-corrected chi connectivity index (χ3v) is 1.27. The van der Waals surface area contributed by atoms with E-state index >= 15 is 0 Å². The van der Waals surface area contributed by atoms with Gasteiger partial charge < -0.3 is 10.8 Å². The molecule has 0 fully saturated rings. The van der Waals surface area contributed by atoms with E-state index in [1.54, 1.807) is 6.92 Å². The van der Waals surface area contributed by atoms with Crippen LogP contribution in [-0.4, -0.2) is 17.8 Å². The maximum atomic E-state index is 8.02. The molecule has 0 aliphatic heterocycles. The molecule has 1 atom stereocenters. The highest BCUT2D eigenvalue weighted by Crippen LogP contribution is 2.02. The summed E-state index contributed by atoms with van der Waals surface area (Å²) in [4.78, 5) is 0. The molecule has 68 valence electrons. The summed E-state index contributed by atoms with van der Waals surface area (Å²) in [5.74, 6) is 0.657. The fourth-order valence-electron chi connectivity index (χ4n) is 0. The lowest BCUT2D eigenvalue weighted by molar-refractivity contribution is 0.273. The van der Waals surface area contributed by atoms with E-state index < -0.39 is 0 Å². The van der Waals surface area contributed by atoms with Crippen molar-refractivity contribution in [3.63, 3.8) is 0 Å². The Hall–Kier alpha value is -0.340. The minimum absolute atomic E-state index is 0.0602. The maximum Gasteiger partial charge on any atom is 0.0579 e. The third kappa shape index (κ3) is 17.7. The molecule has 1 unspecified atom stereocenters. The second-order valence-electron chi connectivity index (χ2n) is 3.16. The molecular weight excluding hydrogens is 138 g/mol. The normalized spacial score (nSPS) is 11.9. The van der Waals surface area contributed by atoms with Gasteiger partial charge in [0.2, 0.25) is 0 Å². The molecule has 0 aromatic carbocycles. The Kier molecular flexibility index (Phi) is 9.36. The van der Waals surface area contributed by atoms with Gasteiger partial charge in [-0.3, -0.25) is 0 Å². The third-order valence-electron chi connectivity index (χ3n) is 1.27. The average Bonchev–Trinajstić information content (AvgIpc) is 1.89. The van der Waals surface area contributed by atoms with Crippen molar-refractivity contribution in [2.75, 3.05) is 6.61 Å². The van der Waals surface area contributed by atoms with E-state index in [0.717, 1.165) is 0 Å². The van der Waals surface area contributed by atoms with Crippen LogP contribution in [0.2, 0.25) is 0 Å². The quantitative estimate of drug-likeness (QED) is 0.600. The second-order valence-corrected chi connectivity index (χ2v) is 3.16. The van der Waals surface area contributed by atoms with Crippen molar-refractivity contribution < 1.29 is 5.11 Å². The van der Waals surface area contributed by atoms with Crippen LogP contribution in [0.3, 0.4) is 0 Å². The predicted molar refractivity (Wildman–Crippen MR) is 50.4 cm³/mol. The summed E-state index contributed by atoms with van der Waals surface area (Å²) >= 11 is 0. The first-order valence-electron chi connectivity index (χ1n) is 3.93. The molecule has 0 amide bonds. The van der Waals surface area contributed by atoms with Gasteiger partial charge in [0.25, 0.3) is 0 Å². The Bertz CT molecular complexity index is 97.7. The SMILES string of the molecule is C=C(C)C(C)C.CC(N)CO. The summed E-state index contributed by atoms with van der Waals surface area (Å²) in [5.41, 5.74) is 6.30. The van der Waals surface area contributed by atoms with Crippen LogP contribution in [0.4, 0.5) is 0 Å². The molecule has 0 spiro atoms. The van der Waals surface area contributed by atoms with Crippen LogP contribution in [0, 0.1) is 5.92 Å². The van der Waals surface area contributed by atoms with Gasteiger partial charge in [0.05, 0.1) is 6.61 Å². The fourth-order valence-corrected chi connectivity index (χ4v) is 0. The van der Waals surface area contributed by atoms with Gasteiger partial charge in [0.15, 0.2) is 0 Å². The molecule has 0 heterocycles. The highest BCUT2D eigenvalue weighted by Gasteiger charge is 1.87. The number of rotatable bonds is 2. The first-order chi connectivity index (χ1) is 4.91. The van der Waals surface area contributed by atoms with Crippen LogP contribution in [0.5, 0.6) is 0 Å². The molecule has 0 rings (SSSR count). The van der Waals surface area contributed by atoms with Crippen LogP contribution in [0.25, 0.3) is 0 Å². The highest BCUT2D eigenvalue weighted by atomic mass is 16.3. The van der Waals surface area contributed by atoms with E-state index in [4.69, 9.17) is 10.8 Å². The number of nitrogens with two attached hydrogens (primary N) is 1. The Morgan fingerprint density at radius 3 is 1.64 bits per heavy atom. The number of aliphatic hydroxyl groups is 1. The van der Waals surface area contributed by atoms with Crippen LogP contribution < -0.4 is 5.73 Å². The van der Waals surface area contributed by atoms with E-state index in [2.05, 4.69) is 20.4 Å². The van der Waals surface area contributed by atoms with Crippen molar-refractivity contribution >= 4 is 0 Å². The van der Waals surface area contributed by atoms with Crippen LogP contribution >= 0.6 is 0 Å². The Balaban J connectivity index is 0. The van der Waals surface area contributed by atoms with Gasteiger partial charge in [-0.2, -0.15) is 0 Å². The largest absolute Gasteiger partial charge is 0.395 e. The Morgan fingerprint density at radius 2 is 1.64 bits per heavy atom. The van der Waals surface area contributed by atoms with Gasteiger partial charge in [-0.1, -0.05) is 26.0 Å². The smallest absolute Gasteiger partial charge is 0.0579 e. The molecule has 0 bridgehead atoms. The molecule has 0 aromatic heterocycles. The first-order valence-corrected chi connectivity index (χ1v) is 3.93. The van der Waals surface area contributed by atoms with Crippen molar-refractivity contribution in [2.24, 2.45) is 11.7 Å². The van der Waals surface area contributed by atoms with Crippen LogP contribution in [0.1, 0.15) is 27.7 Å². The predicted octanol–water partition coefficient (Wildman–Crippen LogP) is 1.54. The summed E-state index contributed by atoms with van der Waals surface area (Å²) in [6, 6.07) is -0.0602. The lowest BCUT2D eigenvalue weighted by atomic mass is 10.1. The molecule has 2 nitrogen and oxygen atoms in total. The lowest BCUT2D eigenvalue weighted by Crippen LogP contribution is -2.18. The standard InChI is InChI=1S/C6H12.C3H9NO/c1-5(2)6(3)4;1-3(4)2-5/h6H,1H2,2-4H3;3,5H,2,4H2,1H3. The molecule has 3 N–H and O–H groups in total. The van der Waals surface area contributed by atoms with E-state index in [-0.39, 0.29) is 12.6 Å². The van der Waals surface area contributed by atoms with Gasteiger partial charge in [-0.15, -0.1) is 0 Å². The van der Waals surface area contributed by atoms with Crippen molar-refractivity contribution in [3.8, 4) is 0 Å². The zero-order chi connectivity index (χ0) is 9.44. The van der Waals surface area contributed by atoms with E-state index in [1.807, 2.05) is 6.92 Å². The van der Waals surface area contributed by atoms with Gasteiger partial charge in [-0.05, 0) is 19.8 Å². The summed E-state index contributed by atoms with van der Waals surface area (Å²) in [6.07, 6.45) is 0. The number of aliphatic hydroxyl groups excluding tert-OH is 1. The van der Waals surface area contributed by atoms with Gasteiger partial charge in [0.1, 0.15) is 0 Å². The van der Waals surface area contributed by atoms with Crippen LogP contribution in [0.15, 0.2) is 12.2 Å². The van der Waals surface area contributed by atoms with Crippen molar-refractivity contribution in [3.05, 3.63) is 12.2 Å². The molecule has 0 saturated heterocycles. The molecule has 0 aliphatic rings. The first kappa shape index (κ1) is 13.3. The molecule has 0 aliphatic carbocycles. The summed E-state index contributed by atoms with van der Waals surface area (Å²) in [5, 5.41) is 8.02. The van der Waals surface area contributed by atoms with Crippen molar-refractivity contribution in [2.45, 2.75) is 33.7 Å². The number of hydrogen-bond donors (Lipinski definition) is 2. The molecule has 2 heteroatoms. The zero-order valence-corrected chi connectivity index (χ0v) is 8.09. The molecule has 11 heavy (non-hydrogen) atoms. The van der Waals surface area contributed by atoms with E-state index in [9.17, 15) is 0 Å². The van der Waals surface area contributed by atoms with Crippen molar-refractivity contribution in [1.29, 1.82) is 0 Å². The number of hydrogen-bond acceptors (Lipinski definition) is 2. The topological polar surface area (TPSA) is 46.2 Å². The average molecular weight is 159 g/mol. The van der Waals surface area contributed by atoms with Gasteiger partial charge in [0, 0.05) is 6.04 Å². The van der Waals surface area contributed by atoms with Crippen LogP contribution in [-0.2, 0) is 0 Å². The van der Waals surface area contributed by atoms with Gasteiger partial charge in [-0.25, -0.2) is 0 Å². The van der Waals surface area contributed by atoms with Gasteiger partial charge >= 0.3 is 0 Å². The second kappa shape index (κ2) is 7.76.